The minimum Gasteiger partial charge on any atom is -0.481 e. The van der Waals surface area contributed by atoms with Crippen LogP contribution in [0.5, 0.6) is 0 Å². The van der Waals surface area contributed by atoms with Crippen molar-refractivity contribution in [3.8, 4) is 0 Å². The molecule has 0 radical (unpaired) electrons. The molecule has 4 rings (SSSR count). The highest BCUT2D eigenvalue weighted by Gasteiger charge is 2.50. The van der Waals surface area contributed by atoms with E-state index in [1.165, 1.54) is 0 Å². The second-order valence-corrected chi connectivity index (χ2v) is 7.65. The van der Waals surface area contributed by atoms with Gasteiger partial charge in [-0.05, 0) is 25.7 Å². The zero-order valence-electron chi connectivity index (χ0n) is 15.4. The van der Waals surface area contributed by atoms with E-state index in [4.69, 9.17) is 24.1 Å². The highest BCUT2D eigenvalue weighted by atomic mass is 16.8. The Morgan fingerprint density at radius 1 is 1.00 bits per heavy atom. The number of carboxylic acids is 1. The summed E-state index contributed by atoms with van der Waals surface area (Å²) in [6.07, 6.45) is -3.32. The summed E-state index contributed by atoms with van der Waals surface area (Å²) in [4.78, 5) is 11.1. The van der Waals surface area contributed by atoms with Crippen LogP contribution in [0.15, 0.2) is 30.3 Å². The highest BCUT2D eigenvalue weighted by Crippen LogP contribution is 2.36. The first-order valence-electron chi connectivity index (χ1n) is 9.75. The van der Waals surface area contributed by atoms with Crippen LogP contribution in [-0.2, 0) is 23.7 Å². The molecular formula is C20H26O8. The summed E-state index contributed by atoms with van der Waals surface area (Å²) in [5, 5.41) is 30.2. The van der Waals surface area contributed by atoms with Crippen molar-refractivity contribution in [1.82, 2.24) is 0 Å². The third-order valence-electron chi connectivity index (χ3n) is 5.76. The predicted octanol–water partition coefficient (Wildman–Crippen LogP) is 1.21. The molecule has 0 amide bonds. The molecule has 3 N–H and O–H groups in total. The molecule has 0 aromatic heterocycles. The van der Waals surface area contributed by atoms with Gasteiger partial charge in [-0.15, -0.1) is 0 Å². The molecule has 8 heteroatoms. The number of ether oxygens (including phenoxy) is 4. The van der Waals surface area contributed by atoms with E-state index in [0.717, 1.165) is 5.56 Å². The molecule has 1 aromatic carbocycles. The number of fused-ring (bicyclic) bond motifs is 1. The lowest BCUT2D eigenvalue weighted by atomic mass is 9.87. The second-order valence-electron chi connectivity index (χ2n) is 7.65. The molecule has 0 spiro atoms. The highest BCUT2D eigenvalue weighted by molar-refractivity contribution is 5.70. The van der Waals surface area contributed by atoms with Crippen molar-refractivity contribution < 1.29 is 39.1 Å². The Morgan fingerprint density at radius 2 is 1.71 bits per heavy atom. The van der Waals surface area contributed by atoms with Gasteiger partial charge in [0, 0.05) is 5.56 Å². The molecule has 1 aliphatic carbocycles. The van der Waals surface area contributed by atoms with Gasteiger partial charge in [0.25, 0.3) is 0 Å². The molecule has 3 aliphatic rings. The summed E-state index contributed by atoms with van der Waals surface area (Å²) in [5.41, 5.74) is 0.830. The van der Waals surface area contributed by atoms with Gasteiger partial charge in [0.15, 0.2) is 12.6 Å². The molecule has 3 fully saturated rings. The molecular weight excluding hydrogens is 368 g/mol. The van der Waals surface area contributed by atoms with E-state index in [0.29, 0.717) is 25.7 Å². The summed E-state index contributed by atoms with van der Waals surface area (Å²) >= 11 is 0. The predicted molar refractivity (Wildman–Crippen MR) is 95.1 cm³/mol. The van der Waals surface area contributed by atoms with Crippen LogP contribution < -0.4 is 0 Å². The van der Waals surface area contributed by atoms with Crippen LogP contribution in [-0.4, -0.2) is 64.7 Å². The summed E-state index contributed by atoms with van der Waals surface area (Å²) in [7, 11) is 0. The lowest BCUT2D eigenvalue weighted by Crippen LogP contribution is -2.62. The van der Waals surface area contributed by atoms with E-state index in [2.05, 4.69) is 0 Å². The molecule has 1 saturated carbocycles. The van der Waals surface area contributed by atoms with E-state index in [1.807, 2.05) is 30.3 Å². The summed E-state index contributed by atoms with van der Waals surface area (Å²) in [5.74, 6) is -1.13. The minimum absolute atomic E-state index is 0.207. The molecule has 2 heterocycles. The lowest BCUT2D eigenvalue weighted by Gasteiger charge is -2.47. The summed E-state index contributed by atoms with van der Waals surface area (Å²) in [6.45, 7) is 0.208. The Kier molecular flexibility index (Phi) is 5.96. The molecule has 28 heavy (non-hydrogen) atoms. The Hall–Kier alpha value is -1.55. The van der Waals surface area contributed by atoms with E-state index in [-0.39, 0.29) is 18.6 Å². The summed E-state index contributed by atoms with van der Waals surface area (Å²) < 4.78 is 23.3. The van der Waals surface area contributed by atoms with Crippen molar-refractivity contribution in [1.29, 1.82) is 0 Å². The first-order valence-corrected chi connectivity index (χ1v) is 9.75. The van der Waals surface area contributed by atoms with Gasteiger partial charge in [0.05, 0.1) is 18.6 Å². The molecule has 0 bridgehead atoms. The molecule has 6 atom stereocenters. The van der Waals surface area contributed by atoms with E-state index < -0.39 is 43.0 Å². The van der Waals surface area contributed by atoms with Gasteiger partial charge in [0.2, 0.25) is 0 Å². The SMILES string of the molecule is O=C(O)C1CCC(O[C@@H]2OC3COC(c4ccccc4)O[C@@H]3C(O)C2O)CC1. The van der Waals surface area contributed by atoms with Gasteiger partial charge in [-0.25, -0.2) is 0 Å². The van der Waals surface area contributed by atoms with Gasteiger partial charge in [-0.1, -0.05) is 30.3 Å². The number of aliphatic hydroxyl groups is 2. The zero-order chi connectivity index (χ0) is 19.7. The molecule has 2 aliphatic heterocycles. The van der Waals surface area contributed by atoms with Crippen molar-refractivity contribution in [3.63, 3.8) is 0 Å². The lowest BCUT2D eigenvalue weighted by molar-refractivity contribution is -0.367. The van der Waals surface area contributed by atoms with Gasteiger partial charge < -0.3 is 34.3 Å². The third kappa shape index (κ3) is 4.07. The number of carbonyl (C=O) groups is 1. The van der Waals surface area contributed by atoms with E-state index >= 15 is 0 Å². The first-order chi connectivity index (χ1) is 13.5. The van der Waals surface area contributed by atoms with E-state index in [1.54, 1.807) is 0 Å². The second kappa shape index (κ2) is 8.44. The fourth-order valence-electron chi connectivity index (χ4n) is 4.11. The van der Waals surface area contributed by atoms with Crippen LogP contribution in [0.3, 0.4) is 0 Å². The number of aliphatic hydroxyl groups excluding tert-OH is 2. The number of hydrogen-bond acceptors (Lipinski definition) is 7. The normalized spacial score (nSPS) is 41.2. The van der Waals surface area contributed by atoms with Crippen LogP contribution >= 0.6 is 0 Å². The van der Waals surface area contributed by atoms with Gasteiger partial charge in [-0.2, -0.15) is 0 Å². The number of benzene rings is 1. The van der Waals surface area contributed by atoms with Crippen molar-refractivity contribution >= 4 is 5.97 Å². The Morgan fingerprint density at radius 3 is 2.39 bits per heavy atom. The number of hydrogen-bond donors (Lipinski definition) is 3. The standard InChI is InChI=1S/C20H26O8/c21-15-16(22)20(26-13-8-6-11(7-9-13)18(23)24)27-14-10-25-19(28-17(14)15)12-4-2-1-3-5-12/h1-5,11,13-17,19-22H,6-10H2,(H,23,24)/t11?,13?,14?,15?,16?,17-,19?,20+/m0/s1. The average molecular weight is 394 g/mol. The Bertz CT molecular complexity index is 657. The number of aliphatic carboxylic acids is 1. The largest absolute Gasteiger partial charge is 0.481 e. The van der Waals surface area contributed by atoms with Gasteiger partial charge in [-0.3, -0.25) is 4.79 Å². The molecule has 2 saturated heterocycles. The van der Waals surface area contributed by atoms with Crippen molar-refractivity contribution in [2.75, 3.05) is 6.61 Å². The Balaban J connectivity index is 1.35. The maximum absolute atomic E-state index is 11.1. The van der Waals surface area contributed by atoms with Gasteiger partial charge in [0.1, 0.15) is 24.4 Å². The topological polar surface area (TPSA) is 115 Å². The average Bonchev–Trinajstić information content (AvgIpc) is 2.72. The fraction of sp³-hybridized carbons (Fsp3) is 0.650. The molecule has 4 unspecified atom stereocenters. The maximum Gasteiger partial charge on any atom is 0.306 e. The summed E-state index contributed by atoms with van der Waals surface area (Å²) in [6, 6.07) is 9.39. The number of rotatable bonds is 4. The minimum atomic E-state index is -1.26. The first kappa shape index (κ1) is 19.8. The molecule has 8 nitrogen and oxygen atoms in total. The maximum atomic E-state index is 11.1. The van der Waals surface area contributed by atoms with Crippen LogP contribution in [0.1, 0.15) is 37.5 Å². The number of carboxylic acid groups (broad SMARTS) is 1. The van der Waals surface area contributed by atoms with Crippen LogP contribution in [0.2, 0.25) is 0 Å². The smallest absolute Gasteiger partial charge is 0.306 e. The Labute approximate surface area is 163 Å². The quantitative estimate of drug-likeness (QED) is 0.698. The van der Waals surface area contributed by atoms with Crippen LogP contribution in [0.4, 0.5) is 0 Å². The monoisotopic (exact) mass is 394 g/mol. The van der Waals surface area contributed by atoms with E-state index in [9.17, 15) is 15.0 Å². The van der Waals surface area contributed by atoms with Crippen LogP contribution in [0.25, 0.3) is 0 Å². The van der Waals surface area contributed by atoms with Crippen molar-refractivity contribution in [3.05, 3.63) is 35.9 Å². The third-order valence-corrected chi connectivity index (χ3v) is 5.76. The van der Waals surface area contributed by atoms with Crippen LogP contribution in [0, 0.1) is 5.92 Å². The molecule has 1 aromatic rings. The molecule has 154 valence electrons. The zero-order valence-corrected chi connectivity index (χ0v) is 15.4. The van der Waals surface area contributed by atoms with Gasteiger partial charge >= 0.3 is 5.97 Å². The fourth-order valence-corrected chi connectivity index (χ4v) is 4.11. The van der Waals surface area contributed by atoms with Crippen molar-refractivity contribution in [2.24, 2.45) is 5.92 Å². The van der Waals surface area contributed by atoms with Crippen molar-refractivity contribution in [2.45, 2.75) is 68.8 Å².